The second-order valence-corrected chi connectivity index (χ2v) is 4.67. The standard InChI is InChI=1S/C13H21NO/c1-10(14)12-7-5-11(6-8-12)9-13(2,3)15-4/h5-8,10H,9,14H2,1-4H3. The summed E-state index contributed by atoms with van der Waals surface area (Å²) in [6.45, 7) is 6.17. The quantitative estimate of drug-likeness (QED) is 0.823. The molecule has 0 aliphatic carbocycles. The van der Waals surface area contributed by atoms with Crippen molar-refractivity contribution < 1.29 is 4.74 Å². The minimum Gasteiger partial charge on any atom is -0.378 e. The summed E-state index contributed by atoms with van der Waals surface area (Å²) >= 11 is 0. The number of hydrogen-bond acceptors (Lipinski definition) is 2. The third-order valence-electron chi connectivity index (χ3n) is 2.69. The Bertz CT molecular complexity index is 301. The highest BCUT2D eigenvalue weighted by Gasteiger charge is 2.16. The highest BCUT2D eigenvalue weighted by molar-refractivity contribution is 5.25. The Labute approximate surface area is 92.4 Å². The van der Waals surface area contributed by atoms with Gasteiger partial charge in [0.25, 0.3) is 0 Å². The highest BCUT2D eigenvalue weighted by atomic mass is 16.5. The van der Waals surface area contributed by atoms with Crippen molar-refractivity contribution in [3.05, 3.63) is 35.4 Å². The van der Waals surface area contributed by atoms with Crippen LogP contribution in [0.25, 0.3) is 0 Å². The van der Waals surface area contributed by atoms with Crippen molar-refractivity contribution in [2.75, 3.05) is 7.11 Å². The van der Waals surface area contributed by atoms with Crippen LogP contribution in [0.1, 0.15) is 37.9 Å². The van der Waals surface area contributed by atoms with Crippen molar-refractivity contribution in [3.8, 4) is 0 Å². The van der Waals surface area contributed by atoms with Gasteiger partial charge in [-0.25, -0.2) is 0 Å². The second-order valence-electron chi connectivity index (χ2n) is 4.67. The lowest BCUT2D eigenvalue weighted by Crippen LogP contribution is -2.25. The Morgan fingerprint density at radius 3 is 2.20 bits per heavy atom. The molecule has 1 aromatic rings. The Hall–Kier alpha value is -0.860. The summed E-state index contributed by atoms with van der Waals surface area (Å²) in [6.07, 6.45) is 0.919. The van der Waals surface area contributed by atoms with Gasteiger partial charge in [0, 0.05) is 19.6 Å². The number of rotatable bonds is 4. The number of benzene rings is 1. The second kappa shape index (κ2) is 4.77. The molecule has 1 atom stereocenters. The molecule has 2 nitrogen and oxygen atoms in total. The predicted molar refractivity (Wildman–Crippen MR) is 63.8 cm³/mol. The molecule has 2 N–H and O–H groups in total. The van der Waals surface area contributed by atoms with E-state index in [2.05, 4.69) is 38.1 Å². The first-order chi connectivity index (χ1) is 6.94. The van der Waals surface area contributed by atoms with Gasteiger partial charge in [0.05, 0.1) is 5.60 Å². The molecule has 84 valence electrons. The van der Waals surface area contributed by atoms with Gasteiger partial charge >= 0.3 is 0 Å². The molecule has 0 bridgehead atoms. The Balaban J connectivity index is 2.73. The van der Waals surface area contributed by atoms with E-state index in [-0.39, 0.29) is 11.6 Å². The van der Waals surface area contributed by atoms with Gasteiger partial charge in [0.2, 0.25) is 0 Å². The van der Waals surface area contributed by atoms with Gasteiger partial charge in [-0.2, -0.15) is 0 Å². The summed E-state index contributed by atoms with van der Waals surface area (Å²) in [7, 11) is 1.75. The van der Waals surface area contributed by atoms with Gasteiger partial charge in [-0.1, -0.05) is 24.3 Å². The lowest BCUT2D eigenvalue weighted by Gasteiger charge is -2.23. The molecule has 1 aromatic carbocycles. The number of methoxy groups -OCH3 is 1. The van der Waals surface area contributed by atoms with Gasteiger partial charge in [-0.15, -0.1) is 0 Å². The summed E-state index contributed by atoms with van der Waals surface area (Å²) in [4.78, 5) is 0. The summed E-state index contributed by atoms with van der Waals surface area (Å²) < 4.78 is 5.39. The maximum atomic E-state index is 5.79. The van der Waals surface area contributed by atoms with Crippen LogP contribution in [0.2, 0.25) is 0 Å². The lowest BCUT2D eigenvalue weighted by molar-refractivity contribution is 0.0232. The maximum absolute atomic E-state index is 5.79. The molecule has 0 aliphatic rings. The molecule has 0 amide bonds. The average molecular weight is 207 g/mol. The Morgan fingerprint density at radius 2 is 1.80 bits per heavy atom. The molecule has 0 fully saturated rings. The number of hydrogen-bond donors (Lipinski definition) is 1. The molecule has 0 aromatic heterocycles. The zero-order valence-electron chi connectivity index (χ0n) is 10.1. The van der Waals surface area contributed by atoms with E-state index in [1.54, 1.807) is 7.11 Å². The molecule has 0 spiro atoms. The SMILES string of the molecule is COC(C)(C)Cc1ccc(C(C)N)cc1. The van der Waals surface area contributed by atoms with E-state index in [0.717, 1.165) is 6.42 Å². The first-order valence-electron chi connectivity index (χ1n) is 5.34. The molecule has 0 heterocycles. The molecular formula is C13H21NO. The van der Waals surface area contributed by atoms with E-state index in [4.69, 9.17) is 10.5 Å². The first kappa shape index (κ1) is 12.2. The lowest BCUT2D eigenvalue weighted by atomic mass is 9.97. The fourth-order valence-corrected chi connectivity index (χ4v) is 1.50. The van der Waals surface area contributed by atoms with Crippen LogP contribution in [0.3, 0.4) is 0 Å². The first-order valence-corrected chi connectivity index (χ1v) is 5.34. The smallest absolute Gasteiger partial charge is 0.0662 e. The molecule has 1 rings (SSSR count). The third kappa shape index (κ3) is 3.65. The molecule has 0 radical (unpaired) electrons. The zero-order chi connectivity index (χ0) is 11.5. The summed E-state index contributed by atoms with van der Waals surface area (Å²) in [5.41, 5.74) is 8.15. The normalized spacial score (nSPS) is 13.9. The van der Waals surface area contributed by atoms with Crippen molar-refractivity contribution in [2.24, 2.45) is 5.73 Å². The van der Waals surface area contributed by atoms with Crippen molar-refractivity contribution in [1.82, 2.24) is 0 Å². The van der Waals surface area contributed by atoms with Gasteiger partial charge in [0.15, 0.2) is 0 Å². The summed E-state index contributed by atoms with van der Waals surface area (Å²) in [5.74, 6) is 0. The van der Waals surface area contributed by atoms with Crippen LogP contribution in [-0.2, 0) is 11.2 Å². The molecule has 0 saturated heterocycles. The van der Waals surface area contributed by atoms with Crippen LogP contribution in [0.15, 0.2) is 24.3 Å². The van der Waals surface area contributed by atoms with Crippen LogP contribution in [0, 0.1) is 0 Å². The van der Waals surface area contributed by atoms with E-state index in [0.29, 0.717) is 0 Å². The molecule has 0 saturated carbocycles. The van der Waals surface area contributed by atoms with E-state index in [9.17, 15) is 0 Å². The molecule has 0 aliphatic heterocycles. The Kier molecular flexibility index (Phi) is 3.89. The predicted octanol–water partition coefficient (Wildman–Crippen LogP) is 2.67. The van der Waals surface area contributed by atoms with Crippen molar-refractivity contribution >= 4 is 0 Å². The van der Waals surface area contributed by atoms with Crippen molar-refractivity contribution in [3.63, 3.8) is 0 Å². The van der Waals surface area contributed by atoms with Crippen molar-refractivity contribution in [1.29, 1.82) is 0 Å². The maximum Gasteiger partial charge on any atom is 0.0662 e. The fraction of sp³-hybridized carbons (Fsp3) is 0.538. The van der Waals surface area contributed by atoms with E-state index < -0.39 is 0 Å². The molecule has 15 heavy (non-hydrogen) atoms. The van der Waals surface area contributed by atoms with Crippen LogP contribution in [0.5, 0.6) is 0 Å². The molecule has 2 heteroatoms. The molecule has 1 unspecified atom stereocenters. The van der Waals surface area contributed by atoms with Gasteiger partial charge < -0.3 is 10.5 Å². The van der Waals surface area contributed by atoms with Gasteiger partial charge in [-0.05, 0) is 31.9 Å². The number of nitrogens with two attached hydrogens (primary N) is 1. The van der Waals surface area contributed by atoms with E-state index >= 15 is 0 Å². The number of ether oxygens (including phenoxy) is 1. The van der Waals surface area contributed by atoms with Crippen LogP contribution >= 0.6 is 0 Å². The van der Waals surface area contributed by atoms with Crippen LogP contribution in [0.4, 0.5) is 0 Å². The monoisotopic (exact) mass is 207 g/mol. The van der Waals surface area contributed by atoms with Crippen LogP contribution in [-0.4, -0.2) is 12.7 Å². The van der Waals surface area contributed by atoms with Gasteiger partial charge in [-0.3, -0.25) is 0 Å². The average Bonchev–Trinajstić information content (AvgIpc) is 2.18. The Morgan fingerprint density at radius 1 is 1.27 bits per heavy atom. The van der Waals surface area contributed by atoms with E-state index in [1.165, 1.54) is 11.1 Å². The minimum absolute atomic E-state index is 0.101. The van der Waals surface area contributed by atoms with E-state index in [1.807, 2.05) is 6.92 Å². The fourth-order valence-electron chi connectivity index (χ4n) is 1.50. The highest BCUT2D eigenvalue weighted by Crippen LogP contribution is 2.18. The summed E-state index contributed by atoms with van der Waals surface area (Å²) in [5, 5.41) is 0. The zero-order valence-corrected chi connectivity index (χ0v) is 10.1. The molecular weight excluding hydrogens is 186 g/mol. The van der Waals surface area contributed by atoms with Crippen LogP contribution < -0.4 is 5.73 Å². The van der Waals surface area contributed by atoms with Gasteiger partial charge in [0.1, 0.15) is 0 Å². The topological polar surface area (TPSA) is 35.2 Å². The third-order valence-corrected chi connectivity index (χ3v) is 2.69. The summed E-state index contributed by atoms with van der Waals surface area (Å²) in [6, 6.07) is 8.53. The van der Waals surface area contributed by atoms with Crippen molar-refractivity contribution in [2.45, 2.75) is 38.8 Å². The minimum atomic E-state index is -0.101. The largest absolute Gasteiger partial charge is 0.378 e.